The molecule has 8 heteroatoms. The number of nitrogens with one attached hydrogen (secondary N) is 1. The van der Waals surface area contributed by atoms with Crippen molar-refractivity contribution in [3.63, 3.8) is 0 Å². The minimum Gasteiger partial charge on any atom is -0.396 e. The quantitative estimate of drug-likeness (QED) is 0.835. The van der Waals surface area contributed by atoms with Crippen LogP contribution >= 0.6 is 11.3 Å². The highest BCUT2D eigenvalue weighted by molar-refractivity contribution is 7.89. The number of piperidine rings is 1. The Kier molecular flexibility index (Phi) is 4.54. The van der Waals surface area contributed by atoms with Gasteiger partial charge in [0.05, 0.1) is 0 Å². The lowest BCUT2D eigenvalue weighted by Gasteiger charge is -2.30. The smallest absolute Gasteiger partial charge is 0.262 e. The average Bonchev–Trinajstić information content (AvgIpc) is 3.18. The molecule has 0 spiro atoms. The van der Waals surface area contributed by atoms with Crippen molar-refractivity contribution in [3.05, 3.63) is 16.3 Å². The van der Waals surface area contributed by atoms with Crippen LogP contribution in [0.4, 0.5) is 0 Å². The zero-order valence-corrected chi connectivity index (χ0v) is 13.8. The summed E-state index contributed by atoms with van der Waals surface area (Å²) < 4.78 is 26.9. The Morgan fingerprint density at radius 2 is 2.00 bits per heavy atom. The standard InChI is InChI=1S/C14H20N2O4S2/c17-9-10-3-6-16(7-4-10)22(19,20)12-5-8-21-13(12)14(18)15-11-1-2-11/h5,8,10-11,17H,1-4,6-7,9H2,(H,15,18). The molecule has 0 radical (unpaired) electrons. The number of carbonyl (C=O) groups excluding carboxylic acids is 1. The van der Waals surface area contributed by atoms with Gasteiger partial charge in [0.2, 0.25) is 10.0 Å². The number of thiophene rings is 1. The van der Waals surface area contributed by atoms with E-state index >= 15 is 0 Å². The SMILES string of the molecule is O=C(NC1CC1)c1sccc1S(=O)(=O)N1CCC(CO)CC1. The van der Waals surface area contributed by atoms with Gasteiger partial charge in [-0.3, -0.25) is 4.79 Å². The third-order valence-corrected chi connectivity index (χ3v) is 7.18. The van der Waals surface area contributed by atoms with Crippen molar-refractivity contribution in [3.8, 4) is 0 Å². The van der Waals surface area contributed by atoms with Crippen LogP contribution in [0.3, 0.4) is 0 Å². The molecule has 22 heavy (non-hydrogen) atoms. The number of nitrogens with zero attached hydrogens (tertiary/aromatic N) is 1. The van der Waals surface area contributed by atoms with Crippen LogP contribution in [0.25, 0.3) is 0 Å². The van der Waals surface area contributed by atoms with Gasteiger partial charge in [0.1, 0.15) is 9.77 Å². The third kappa shape index (κ3) is 3.19. The largest absolute Gasteiger partial charge is 0.396 e. The lowest BCUT2D eigenvalue weighted by molar-refractivity contribution is 0.0952. The molecular formula is C14H20N2O4S2. The molecule has 0 unspecified atom stereocenters. The van der Waals surface area contributed by atoms with E-state index in [1.807, 2.05) is 0 Å². The normalized spacial score (nSPS) is 21.0. The summed E-state index contributed by atoms with van der Waals surface area (Å²) in [6, 6.07) is 1.71. The Morgan fingerprint density at radius 3 is 2.59 bits per heavy atom. The van der Waals surface area contributed by atoms with E-state index in [9.17, 15) is 13.2 Å². The Balaban J connectivity index is 1.78. The van der Waals surface area contributed by atoms with Crippen molar-refractivity contribution >= 4 is 27.3 Å². The van der Waals surface area contributed by atoms with Crippen molar-refractivity contribution < 1.29 is 18.3 Å². The van der Waals surface area contributed by atoms with E-state index < -0.39 is 10.0 Å². The van der Waals surface area contributed by atoms with Crippen molar-refractivity contribution in [1.29, 1.82) is 0 Å². The first-order valence-electron chi connectivity index (χ1n) is 7.51. The van der Waals surface area contributed by atoms with E-state index in [0.717, 1.165) is 12.8 Å². The van der Waals surface area contributed by atoms with Gasteiger partial charge in [-0.15, -0.1) is 11.3 Å². The second kappa shape index (κ2) is 6.27. The molecule has 1 aromatic heterocycles. The summed E-state index contributed by atoms with van der Waals surface area (Å²) in [5, 5.41) is 13.6. The summed E-state index contributed by atoms with van der Waals surface area (Å²) in [4.78, 5) is 12.6. The molecule has 0 bridgehead atoms. The predicted octanol–water partition coefficient (Wildman–Crippen LogP) is 1.03. The summed E-state index contributed by atoms with van der Waals surface area (Å²) in [5.74, 6) is -0.118. The molecule has 2 N–H and O–H groups in total. The van der Waals surface area contributed by atoms with Gasteiger partial charge < -0.3 is 10.4 Å². The van der Waals surface area contributed by atoms with Crippen LogP contribution in [0.15, 0.2) is 16.3 Å². The maximum Gasteiger partial charge on any atom is 0.262 e. The first-order valence-corrected chi connectivity index (χ1v) is 9.83. The number of carbonyl (C=O) groups is 1. The number of aliphatic hydroxyl groups excluding tert-OH is 1. The number of rotatable bonds is 5. The number of hydrogen-bond donors (Lipinski definition) is 2. The Bertz CT molecular complexity index is 644. The third-order valence-electron chi connectivity index (χ3n) is 4.20. The Labute approximate surface area is 134 Å². The van der Waals surface area contributed by atoms with Crippen molar-refractivity contribution in [2.45, 2.75) is 36.6 Å². The highest BCUT2D eigenvalue weighted by atomic mass is 32.2. The molecule has 1 amide bonds. The molecule has 6 nitrogen and oxygen atoms in total. The second-order valence-electron chi connectivity index (χ2n) is 5.89. The molecule has 1 aliphatic carbocycles. The first kappa shape index (κ1) is 15.9. The Hall–Kier alpha value is -0.960. The minimum absolute atomic E-state index is 0.0986. The zero-order chi connectivity index (χ0) is 15.7. The van der Waals surface area contributed by atoms with Crippen LogP contribution in [0.5, 0.6) is 0 Å². The molecule has 2 aliphatic rings. The monoisotopic (exact) mass is 344 g/mol. The fraction of sp³-hybridized carbons (Fsp3) is 0.643. The van der Waals surface area contributed by atoms with Gasteiger partial charge in [0, 0.05) is 25.7 Å². The Morgan fingerprint density at radius 1 is 1.32 bits per heavy atom. The minimum atomic E-state index is -3.64. The molecule has 122 valence electrons. The highest BCUT2D eigenvalue weighted by Crippen LogP contribution is 2.29. The average molecular weight is 344 g/mol. The summed E-state index contributed by atoms with van der Waals surface area (Å²) in [6.07, 6.45) is 3.24. The summed E-state index contributed by atoms with van der Waals surface area (Å²) in [7, 11) is -3.64. The lowest BCUT2D eigenvalue weighted by Crippen LogP contribution is -2.39. The number of aliphatic hydroxyl groups is 1. The maximum absolute atomic E-state index is 12.8. The number of sulfonamides is 1. The van der Waals surface area contributed by atoms with E-state index in [1.54, 1.807) is 5.38 Å². The van der Waals surface area contributed by atoms with Crippen LogP contribution < -0.4 is 5.32 Å². The number of hydrogen-bond acceptors (Lipinski definition) is 5. The second-order valence-corrected chi connectivity index (χ2v) is 8.71. The van der Waals surface area contributed by atoms with Crippen molar-refractivity contribution in [1.82, 2.24) is 9.62 Å². The van der Waals surface area contributed by atoms with Gasteiger partial charge in [-0.25, -0.2) is 8.42 Å². The fourth-order valence-electron chi connectivity index (χ4n) is 2.62. The van der Waals surface area contributed by atoms with Crippen LogP contribution in [0.1, 0.15) is 35.4 Å². The van der Waals surface area contributed by atoms with Gasteiger partial charge in [-0.1, -0.05) is 0 Å². The van der Waals surface area contributed by atoms with Gasteiger partial charge in [0.25, 0.3) is 5.91 Å². The van der Waals surface area contributed by atoms with E-state index in [0.29, 0.717) is 25.9 Å². The molecule has 1 saturated carbocycles. The van der Waals surface area contributed by atoms with E-state index in [2.05, 4.69) is 5.32 Å². The molecule has 2 heterocycles. The van der Waals surface area contributed by atoms with Gasteiger partial charge in [0.15, 0.2) is 0 Å². The molecule has 0 atom stereocenters. The van der Waals surface area contributed by atoms with E-state index in [-0.39, 0.29) is 34.2 Å². The van der Waals surface area contributed by atoms with Gasteiger partial charge in [-0.05, 0) is 43.0 Å². The first-order chi connectivity index (χ1) is 10.5. The predicted molar refractivity (Wildman–Crippen MR) is 83.4 cm³/mol. The molecule has 1 aliphatic heterocycles. The van der Waals surface area contributed by atoms with Gasteiger partial charge >= 0.3 is 0 Å². The molecule has 0 aromatic carbocycles. The summed E-state index contributed by atoms with van der Waals surface area (Å²) >= 11 is 1.17. The molecular weight excluding hydrogens is 324 g/mol. The van der Waals surface area contributed by atoms with Crippen LogP contribution in [-0.2, 0) is 10.0 Å². The van der Waals surface area contributed by atoms with Crippen LogP contribution in [-0.4, -0.2) is 49.5 Å². The van der Waals surface area contributed by atoms with Crippen LogP contribution in [0, 0.1) is 5.92 Å². The maximum atomic E-state index is 12.8. The van der Waals surface area contributed by atoms with Crippen molar-refractivity contribution in [2.24, 2.45) is 5.92 Å². The van der Waals surface area contributed by atoms with E-state index in [4.69, 9.17) is 5.11 Å². The molecule has 3 rings (SSSR count). The highest BCUT2D eigenvalue weighted by Gasteiger charge is 2.34. The molecule has 2 fully saturated rings. The van der Waals surface area contributed by atoms with Crippen LogP contribution in [0.2, 0.25) is 0 Å². The fourth-order valence-corrected chi connectivity index (χ4v) is 5.39. The number of amides is 1. The molecule has 1 aromatic rings. The van der Waals surface area contributed by atoms with Crippen molar-refractivity contribution in [2.75, 3.05) is 19.7 Å². The lowest BCUT2D eigenvalue weighted by atomic mass is 10.00. The topological polar surface area (TPSA) is 86.7 Å². The summed E-state index contributed by atoms with van der Waals surface area (Å²) in [5.41, 5.74) is 0. The zero-order valence-electron chi connectivity index (χ0n) is 12.2. The van der Waals surface area contributed by atoms with Gasteiger partial charge in [-0.2, -0.15) is 4.31 Å². The molecule has 1 saturated heterocycles. The van der Waals surface area contributed by atoms with E-state index in [1.165, 1.54) is 21.7 Å². The summed E-state index contributed by atoms with van der Waals surface area (Å²) in [6.45, 7) is 0.890.